The number of rotatable bonds is 6. The molecule has 0 aliphatic rings. The van der Waals surface area contributed by atoms with Crippen molar-refractivity contribution >= 4 is 23.8 Å². The van der Waals surface area contributed by atoms with Crippen LogP contribution in [0.1, 0.15) is 36.7 Å². The summed E-state index contributed by atoms with van der Waals surface area (Å²) >= 11 is 0. The molecule has 8 nitrogen and oxygen atoms in total. The van der Waals surface area contributed by atoms with Crippen LogP contribution in [0.25, 0.3) is 0 Å². The first kappa shape index (κ1) is 20.9. The van der Waals surface area contributed by atoms with Gasteiger partial charge in [0.25, 0.3) is 0 Å². The molecule has 1 aromatic carbocycles. The molecule has 3 N–H and O–H groups in total. The van der Waals surface area contributed by atoms with Crippen molar-refractivity contribution < 1.29 is 24.2 Å². The maximum atomic E-state index is 12.8. The third-order valence-corrected chi connectivity index (χ3v) is 3.57. The number of hydrogen-bond donors (Lipinski definition) is 3. The van der Waals surface area contributed by atoms with Crippen LogP contribution >= 0.6 is 0 Å². The fraction of sp³-hybridized carbons (Fsp3) is 0.300. The van der Waals surface area contributed by atoms with E-state index in [4.69, 9.17) is 4.74 Å². The first-order chi connectivity index (χ1) is 13.2. The number of aromatic carboxylic acids is 1. The number of anilines is 1. The lowest BCUT2D eigenvalue weighted by Crippen LogP contribution is -2.47. The molecule has 0 spiro atoms. The molecule has 148 valence electrons. The summed E-state index contributed by atoms with van der Waals surface area (Å²) in [5.41, 5.74) is -0.0558. The molecule has 1 atom stereocenters. The second kappa shape index (κ2) is 8.98. The van der Waals surface area contributed by atoms with Gasteiger partial charge in [0.15, 0.2) is 0 Å². The van der Waals surface area contributed by atoms with E-state index in [1.54, 1.807) is 20.8 Å². The molecular weight excluding hydrogens is 362 g/mol. The average molecular weight is 385 g/mol. The molecule has 28 heavy (non-hydrogen) atoms. The maximum absolute atomic E-state index is 12.8. The Morgan fingerprint density at radius 3 is 2.39 bits per heavy atom. The predicted molar refractivity (Wildman–Crippen MR) is 103 cm³/mol. The van der Waals surface area contributed by atoms with Crippen molar-refractivity contribution in [2.75, 3.05) is 5.32 Å². The number of hydrogen-bond acceptors (Lipinski definition) is 5. The first-order valence-electron chi connectivity index (χ1n) is 8.68. The Bertz CT molecular complexity index is 846. The summed E-state index contributed by atoms with van der Waals surface area (Å²) in [5, 5.41) is 14.3. The second-order valence-electron chi connectivity index (χ2n) is 7.08. The lowest BCUT2D eigenvalue weighted by molar-refractivity contribution is -0.118. The molecule has 2 amide bonds. The number of alkyl carbamates (subject to hydrolysis) is 1. The number of ether oxygens (including phenoxy) is 1. The molecule has 8 heteroatoms. The Morgan fingerprint density at radius 2 is 1.79 bits per heavy atom. The van der Waals surface area contributed by atoms with E-state index in [0.29, 0.717) is 0 Å². The van der Waals surface area contributed by atoms with E-state index < -0.39 is 29.6 Å². The van der Waals surface area contributed by atoms with Gasteiger partial charge in [0, 0.05) is 12.6 Å². The molecule has 0 saturated carbocycles. The fourth-order valence-corrected chi connectivity index (χ4v) is 2.39. The van der Waals surface area contributed by atoms with Gasteiger partial charge in [0.1, 0.15) is 23.0 Å². The Kier molecular flexibility index (Phi) is 6.70. The number of nitrogens with zero attached hydrogens (tertiary/aromatic N) is 1. The highest BCUT2D eigenvalue weighted by Gasteiger charge is 2.26. The van der Waals surface area contributed by atoms with E-state index in [1.165, 1.54) is 18.3 Å². The summed E-state index contributed by atoms with van der Waals surface area (Å²) in [7, 11) is 0. The van der Waals surface area contributed by atoms with Crippen LogP contribution in [0, 0.1) is 0 Å². The molecule has 2 rings (SSSR count). The summed E-state index contributed by atoms with van der Waals surface area (Å²) in [6.45, 7) is 5.14. The number of carboxylic acid groups (broad SMARTS) is 1. The number of amides is 2. The van der Waals surface area contributed by atoms with Crippen molar-refractivity contribution in [1.29, 1.82) is 0 Å². The Hall–Kier alpha value is -3.42. The molecule has 2 aromatic rings. The van der Waals surface area contributed by atoms with Crippen molar-refractivity contribution in [3.8, 4) is 0 Å². The summed E-state index contributed by atoms with van der Waals surface area (Å²) in [6, 6.07) is 10.9. The number of carbonyl (C=O) groups excluding carboxylic acids is 2. The molecule has 1 heterocycles. The van der Waals surface area contributed by atoms with Crippen LogP contribution in [-0.2, 0) is 16.0 Å². The lowest BCUT2D eigenvalue weighted by Gasteiger charge is -2.23. The molecule has 0 aliphatic heterocycles. The van der Waals surface area contributed by atoms with Crippen molar-refractivity contribution in [3.63, 3.8) is 0 Å². The smallest absolute Gasteiger partial charge is 0.408 e. The van der Waals surface area contributed by atoms with Crippen LogP contribution in [0.15, 0.2) is 48.7 Å². The second-order valence-corrected chi connectivity index (χ2v) is 7.08. The van der Waals surface area contributed by atoms with Gasteiger partial charge in [-0.3, -0.25) is 4.79 Å². The van der Waals surface area contributed by atoms with Gasteiger partial charge in [0.05, 0.1) is 0 Å². The number of carboxylic acids is 1. The van der Waals surface area contributed by atoms with Gasteiger partial charge in [-0.15, -0.1) is 0 Å². The van der Waals surface area contributed by atoms with Crippen LogP contribution in [0.5, 0.6) is 0 Å². The maximum Gasteiger partial charge on any atom is 0.408 e. The zero-order chi connectivity index (χ0) is 20.7. The minimum Gasteiger partial charge on any atom is -0.478 e. The van der Waals surface area contributed by atoms with E-state index in [2.05, 4.69) is 15.6 Å². The molecule has 0 fully saturated rings. The van der Waals surface area contributed by atoms with Crippen LogP contribution < -0.4 is 10.6 Å². The number of aromatic nitrogens is 1. The fourth-order valence-electron chi connectivity index (χ4n) is 2.39. The molecule has 0 bridgehead atoms. The minimum atomic E-state index is -1.22. The Morgan fingerprint density at radius 1 is 1.11 bits per heavy atom. The molecule has 1 aromatic heterocycles. The molecular formula is C20H23N3O5. The third-order valence-electron chi connectivity index (χ3n) is 3.57. The largest absolute Gasteiger partial charge is 0.478 e. The van der Waals surface area contributed by atoms with Crippen LogP contribution in [0.4, 0.5) is 10.6 Å². The van der Waals surface area contributed by atoms with Gasteiger partial charge in [-0.05, 0) is 38.5 Å². The lowest BCUT2D eigenvalue weighted by atomic mass is 10.1. The van der Waals surface area contributed by atoms with Gasteiger partial charge in [-0.2, -0.15) is 0 Å². The normalized spacial score (nSPS) is 12.0. The Balaban J connectivity index is 2.21. The summed E-state index contributed by atoms with van der Waals surface area (Å²) in [5.74, 6) is -1.91. The number of pyridine rings is 1. The Labute approximate surface area is 162 Å². The highest BCUT2D eigenvalue weighted by atomic mass is 16.6. The zero-order valence-corrected chi connectivity index (χ0v) is 15.9. The molecule has 0 aliphatic carbocycles. The minimum absolute atomic E-state index is 0.0935. The highest BCUT2D eigenvalue weighted by molar-refractivity contribution is 6.01. The standard InChI is InChI=1S/C20H23N3O5/c1-20(2,3)28-19(27)22-15(12-13-8-5-4-6-9-13)17(24)23-16-14(18(25)26)10-7-11-21-16/h4-11,15H,12H2,1-3H3,(H,22,27)(H,25,26)(H,21,23,24)/t15-/m0/s1. The third kappa shape index (κ3) is 6.39. The van der Waals surface area contributed by atoms with Crippen molar-refractivity contribution in [2.45, 2.75) is 38.8 Å². The number of benzene rings is 1. The number of nitrogens with one attached hydrogen (secondary N) is 2. The van der Waals surface area contributed by atoms with Gasteiger partial charge in [-0.1, -0.05) is 30.3 Å². The van der Waals surface area contributed by atoms with Gasteiger partial charge in [-0.25, -0.2) is 14.6 Å². The van der Waals surface area contributed by atoms with E-state index in [-0.39, 0.29) is 17.8 Å². The van der Waals surface area contributed by atoms with Crippen LogP contribution in [0.2, 0.25) is 0 Å². The van der Waals surface area contributed by atoms with Crippen molar-refractivity contribution in [1.82, 2.24) is 10.3 Å². The number of carbonyl (C=O) groups is 3. The van der Waals surface area contributed by atoms with Crippen LogP contribution in [-0.4, -0.2) is 39.7 Å². The highest BCUT2D eigenvalue weighted by Crippen LogP contribution is 2.13. The SMILES string of the molecule is CC(C)(C)OC(=O)N[C@@H](Cc1ccccc1)C(=O)Nc1ncccc1C(=O)O. The van der Waals surface area contributed by atoms with Crippen molar-refractivity contribution in [2.24, 2.45) is 0 Å². The quantitative estimate of drug-likeness (QED) is 0.704. The monoisotopic (exact) mass is 385 g/mol. The van der Waals surface area contributed by atoms with Gasteiger partial charge < -0.3 is 20.5 Å². The van der Waals surface area contributed by atoms with E-state index >= 15 is 0 Å². The van der Waals surface area contributed by atoms with Crippen molar-refractivity contribution in [3.05, 3.63) is 59.8 Å². The first-order valence-corrected chi connectivity index (χ1v) is 8.68. The van der Waals surface area contributed by atoms with E-state index in [1.807, 2.05) is 30.3 Å². The average Bonchev–Trinajstić information content (AvgIpc) is 2.60. The molecule has 0 unspecified atom stereocenters. The van der Waals surface area contributed by atoms with Gasteiger partial charge >= 0.3 is 12.1 Å². The van der Waals surface area contributed by atoms with E-state index in [0.717, 1.165) is 5.56 Å². The van der Waals surface area contributed by atoms with E-state index in [9.17, 15) is 19.5 Å². The van der Waals surface area contributed by atoms with Crippen LogP contribution in [0.3, 0.4) is 0 Å². The molecule has 0 radical (unpaired) electrons. The predicted octanol–water partition coefficient (Wildman–Crippen LogP) is 2.85. The summed E-state index contributed by atoms with van der Waals surface area (Å²) in [4.78, 5) is 40.2. The summed E-state index contributed by atoms with van der Waals surface area (Å²) in [6.07, 6.45) is 0.819. The van der Waals surface area contributed by atoms with Gasteiger partial charge in [0.2, 0.25) is 5.91 Å². The summed E-state index contributed by atoms with van der Waals surface area (Å²) < 4.78 is 5.23. The zero-order valence-electron chi connectivity index (χ0n) is 15.9. The molecule has 0 saturated heterocycles. The topological polar surface area (TPSA) is 118 Å².